The Morgan fingerprint density at radius 3 is 2.57 bits per heavy atom. The first-order valence-electron chi connectivity index (χ1n) is 7.66. The van der Waals surface area contributed by atoms with E-state index in [9.17, 15) is 9.90 Å². The molecule has 3 nitrogen and oxygen atoms in total. The monoisotopic (exact) mass is 283 g/mol. The van der Waals surface area contributed by atoms with Crippen LogP contribution in [0.5, 0.6) is 5.75 Å². The summed E-state index contributed by atoms with van der Waals surface area (Å²) in [7, 11) is 0. The fraction of sp³-hybridized carbons (Fsp3) is 0.389. The number of hydrogen-bond donors (Lipinski definition) is 2. The Bertz CT molecular complexity index is 657. The summed E-state index contributed by atoms with van der Waals surface area (Å²) in [6.07, 6.45) is 4.38. The van der Waals surface area contributed by atoms with Gasteiger partial charge in [-0.3, -0.25) is 4.79 Å². The Balaban J connectivity index is 1.80. The standard InChI is InChI=1S/C18H21NO2/c1-12-6-9-14(10-7-12)19-18(21)16-11-8-13-4-2-3-5-15(13)17(16)20/h2-5,8,11-12,14,20H,6-7,9-10H2,1H3,(H,19,21). The van der Waals surface area contributed by atoms with Crippen LogP contribution in [0.3, 0.4) is 0 Å². The highest BCUT2D eigenvalue weighted by Gasteiger charge is 2.21. The summed E-state index contributed by atoms with van der Waals surface area (Å²) < 4.78 is 0. The molecule has 21 heavy (non-hydrogen) atoms. The van der Waals surface area contributed by atoms with Gasteiger partial charge in [-0.05, 0) is 43.1 Å². The molecule has 0 heterocycles. The van der Waals surface area contributed by atoms with Crippen LogP contribution < -0.4 is 5.32 Å². The molecule has 0 aromatic heterocycles. The van der Waals surface area contributed by atoms with Crippen molar-refractivity contribution in [3.05, 3.63) is 42.0 Å². The van der Waals surface area contributed by atoms with Gasteiger partial charge < -0.3 is 10.4 Å². The first-order chi connectivity index (χ1) is 10.1. The molecule has 0 radical (unpaired) electrons. The fourth-order valence-electron chi connectivity index (χ4n) is 3.11. The van der Waals surface area contributed by atoms with Gasteiger partial charge in [-0.25, -0.2) is 0 Å². The number of phenols is 1. The molecule has 1 aliphatic rings. The first kappa shape index (κ1) is 13.9. The fourth-order valence-corrected chi connectivity index (χ4v) is 3.11. The molecule has 2 aromatic carbocycles. The van der Waals surface area contributed by atoms with E-state index in [-0.39, 0.29) is 17.7 Å². The van der Waals surface area contributed by atoms with Gasteiger partial charge in [0, 0.05) is 11.4 Å². The largest absolute Gasteiger partial charge is 0.506 e. The molecular formula is C18H21NO2. The average Bonchev–Trinajstić information content (AvgIpc) is 2.50. The number of fused-ring (bicyclic) bond motifs is 1. The van der Waals surface area contributed by atoms with Crippen molar-refractivity contribution in [1.29, 1.82) is 0 Å². The number of nitrogens with one attached hydrogen (secondary N) is 1. The van der Waals surface area contributed by atoms with Crippen LogP contribution in [0.15, 0.2) is 36.4 Å². The number of aromatic hydroxyl groups is 1. The number of rotatable bonds is 2. The molecule has 0 atom stereocenters. The Hall–Kier alpha value is -2.03. The summed E-state index contributed by atoms with van der Waals surface area (Å²) in [4.78, 5) is 12.4. The van der Waals surface area contributed by atoms with E-state index in [0.29, 0.717) is 5.56 Å². The smallest absolute Gasteiger partial charge is 0.255 e. The van der Waals surface area contributed by atoms with Crippen LogP contribution in [0.25, 0.3) is 10.8 Å². The maximum atomic E-state index is 12.4. The minimum Gasteiger partial charge on any atom is -0.506 e. The van der Waals surface area contributed by atoms with Crippen LogP contribution >= 0.6 is 0 Å². The predicted molar refractivity (Wildman–Crippen MR) is 84.5 cm³/mol. The van der Waals surface area contributed by atoms with E-state index >= 15 is 0 Å². The van der Waals surface area contributed by atoms with Crippen LogP contribution in [0.4, 0.5) is 0 Å². The van der Waals surface area contributed by atoms with Crippen molar-refractivity contribution in [1.82, 2.24) is 5.32 Å². The molecule has 1 aliphatic carbocycles. The van der Waals surface area contributed by atoms with Crippen LogP contribution in [0.1, 0.15) is 43.0 Å². The highest BCUT2D eigenvalue weighted by Crippen LogP contribution is 2.29. The molecule has 3 heteroatoms. The van der Waals surface area contributed by atoms with Gasteiger partial charge in [0.25, 0.3) is 5.91 Å². The lowest BCUT2D eigenvalue weighted by Crippen LogP contribution is -2.37. The summed E-state index contributed by atoms with van der Waals surface area (Å²) >= 11 is 0. The number of carbonyl (C=O) groups is 1. The lowest BCUT2D eigenvalue weighted by molar-refractivity contribution is 0.0920. The Morgan fingerprint density at radius 2 is 1.81 bits per heavy atom. The van der Waals surface area contributed by atoms with E-state index in [1.165, 1.54) is 0 Å². The summed E-state index contributed by atoms with van der Waals surface area (Å²) in [6.45, 7) is 2.26. The van der Waals surface area contributed by atoms with Gasteiger partial charge in [0.2, 0.25) is 0 Å². The molecule has 0 unspecified atom stereocenters. The van der Waals surface area contributed by atoms with Crippen LogP contribution in [-0.2, 0) is 0 Å². The molecule has 1 saturated carbocycles. The normalized spacial score (nSPS) is 22.1. The number of amides is 1. The zero-order chi connectivity index (χ0) is 14.8. The predicted octanol–water partition coefficient (Wildman–Crippen LogP) is 3.85. The number of benzene rings is 2. The number of phenolic OH excluding ortho intramolecular Hbond substituents is 1. The summed E-state index contributed by atoms with van der Waals surface area (Å²) in [5.74, 6) is 0.666. The quantitative estimate of drug-likeness (QED) is 0.879. The Morgan fingerprint density at radius 1 is 1.10 bits per heavy atom. The van der Waals surface area contributed by atoms with Gasteiger partial charge in [-0.2, -0.15) is 0 Å². The van der Waals surface area contributed by atoms with Crippen LogP contribution in [-0.4, -0.2) is 17.1 Å². The molecule has 0 saturated heterocycles. The van der Waals surface area contributed by atoms with Crippen LogP contribution in [0.2, 0.25) is 0 Å². The van der Waals surface area contributed by atoms with Gasteiger partial charge in [-0.15, -0.1) is 0 Å². The average molecular weight is 283 g/mol. The molecule has 1 amide bonds. The molecule has 2 aromatic rings. The molecule has 0 aliphatic heterocycles. The van der Waals surface area contributed by atoms with E-state index in [0.717, 1.165) is 42.4 Å². The highest BCUT2D eigenvalue weighted by atomic mass is 16.3. The van der Waals surface area contributed by atoms with E-state index in [1.54, 1.807) is 6.07 Å². The molecular weight excluding hydrogens is 262 g/mol. The van der Waals surface area contributed by atoms with Gasteiger partial charge in [-0.1, -0.05) is 37.3 Å². The zero-order valence-electron chi connectivity index (χ0n) is 12.3. The summed E-state index contributed by atoms with van der Waals surface area (Å²) in [5, 5.41) is 15.1. The van der Waals surface area contributed by atoms with Gasteiger partial charge in [0.15, 0.2) is 0 Å². The second-order valence-corrected chi connectivity index (χ2v) is 6.11. The maximum absolute atomic E-state index is 12.4. The zero-order valence-corrected chi connectivity index (χ0v) is 12.3. The SMILES string of the molecule is CC1CCC(NC(=O)c2ccc3ccccc3c2O)CC1. The number of carbonyl (C=O) groups excluding carboxylic acids is 1. The highest BCUT2D eigenvalue weighted by molar-refractivity contribution is 6.03. The minimum absolute atomic E-state index is 0.0785. The molecule has 0 bridgehead atoms. The summed E-state index contributed by atoms with van der Waals surface area (Å²) in [5.41, 5.74) is 0.368. The molecule has 1 fully saturated rings. The molecule has 110 valence electrons. The minimum atomic E-state index is -0.169. The van der Waals surface area contributed by atoms with E-state index < -0.39 is 0 Å². The van der Waals surface area contributed by atoms with Crippen molar-refractivity contribution in [2.75, 3.05) is 0 Å². The van der Waals surface area contributed by atoms with Crippen molar-refractivity contribution in [2.24, 2.45) is 5.92 Å². The van der Waals surface area contributed by atoms with Gasteiger partial charge >= 0.3 is 0 Å². The summed E-state index contributed by atoms with van der Waals surface area (Å²) in [6, 6.07) is 11.4. The second kappa shape index (κ2) is 5.76. The van der Waals surface area contributed by atoms with Crippen molar-refractivity contribution in [3.63, 3.8) is 0 Å². The molecule has 3 rings (SSSR count). The van der Waals surface area contributed by atoms with Crippen molar-refractivity contribution < 1.29 is 9.90 Å². The second-order valence-electron chi connectivity index (χ2n) is 6.11. The van der Waals surface area contributed by atoms with Gasteiger partial charge in [0.05, 0.1) is 5.56 Å². The lowest BCUT2D eigenvalue weighted by atomic mass is 9.87. The Labute approximate surface area is 125 Å². The molecule has 2 N–H and O–H groups in total. The third-order valence-corrected chi connectivity index (χ3v) is 4.50. The lowest BCUT2D eigenvalue weighted by Gasteiger charge is -2.27. The third kappa shape index (κ3) is 2.87. The van der Waals surface area contributed by atoms with E-state index in [1.807, 2.05) is 30.3 Å². The maximum Gasteiger partial charge on any atom is 0.255 e. The third-order valence-electron chi connectivity index (χ3n) is 4.50. The van der Waals surface area contributed by atoms with Crippen molar-refractivity contribution in [3.8, 4) is 5.75 Å². The first-order valence-corrected chi connectivity index (χ1v) is 7.66. The van der Waals surface area contributed by atoms with Crippen molar-refractivity contribution >= 4 is 16.7 Å². The topological polar surface area (TPSA) is 49.3 Å². The molecule has 0 spiro atoms. The Kier molecular flexibility index (Phi) is 3.82. The van der Waals surface area contributed by atoms with Gasteiger partial charge in [0.1, 0.15) is 5.75 Å². The van der Waals surface area contributed by atoms with Crippen LogP contribution in [0, 0.1) is 5.92 Å². The van der Waals surface area contributed by atoms with E-state index in [2.05, 4.69) is 12.2 Å². The number of hydrogen-bond acceptors (Lipinski definition) is 2. The van der Waals surface area contributed by atoms with Crippen molar-refractivity contribution in [2.45, 2.75) is 38.6 Å². The van der Waals surface area contributed by atoms with E-state index in [4.69, 9.17) is 0 Å².